The molecule has 18 heavy (non-hydrogen) atoms. The lowest BCUT2D eigenvalue weighted by Crippen LogP contribution is -2.31. The Bertz CT molecular complexity index is 426. The zero-order valence-corrected chi connectivity index (χ0v) is 12.3. The maximum absolute atomic E-state index is 8.69. The zero-order chi connectivity index (χ0) is 13.8. The number of aromatic nitrogens is 2. The molecular weight excluding hydrogens is 248 g/mol. The van der Waals surface area contributed by atoms with Crippen LogP contribution in [-0.4, -0.2) is 26.6 Å². The zero-order valence-electron chi connectivity index (χ0n) is 11.5. The van der Waals surface area contributed by atoms with Crippen LogP contribution in [0, 0.1) is 12.3 Å². The van der Waals surface area contributed by atoms with Crippen LogP contribution in [-0.2, 0) is 7.05 Å². The first-order valence-electron chi connectivity index (χ1n) is 5.98. The minimum absolute atomic E-state index is 0.252. The smallest absolute Gasteiger partial charge is 0.144 e. The third-order valence-electron chi connectivity index (χ3n) is 2.96. The van der Waals surface area contributed by atoms with Crippen LogP contribution in [0.3, 0.4) is 0 Å². The molecule has 6 heteroatoms. The van der Waals surface area contributed by atoms with E-state index in [0.29, 0.717) is 5.84 Å². The number of hydrogen-bond acceptors (Lipinski definition) is 4. The molecule has 0 aliphatic carbocycles. The van der Waals surface area contributed by atoms with E-state index in [1.54, 1.807) is 11.8 Å². The first kappa shape index (κ1) is 14.9. The third kappa shape index (κ3) is 3.94. The van der Waals surface area contributed by atoms with E-state index in [1.165, 1.54) is 5.03 Å². The minimum Gasteiger partial charge on any atom is -0.409 e. The molecule has 3 N–H and O–H groups in total. The standard InChI is InChI=1S/C12H22N4OS/c1-9-8-10(16(4)14-9)18-7-5-6-12(2,3)11(13)15-17/h8,17H,5-7H2,1-4H3,(H2,13,15). The van der Waals surface area contributed by atoms with Crippen LogP contribution in [0.2, 0.25) is 0 Å². The Labute approximate surface area is 112 Å². The van der Waals surface area contributed by atoms with E-state index >= 15 is 0 Å². The summed E-state index contributed by atoms with van der Waals surface area (Å²) in [6.45, 7) is 5.97. The maximum atomic E-state index is 8.69. The van der Waals surface area contributed by atoms with E-state index in [9.17, 15) is 0 Å². The Morgan fingerprint density at radius 1 is 1.61 bits per heavy atom. The average molecular weight is 270 g/mol. The second-order valence-electron chi connectivity index (χ2n) is 5.07. The molecule has 0 spiro atoms. The fraction of sp³-hybridized carbons (Fsp3) is 0.667. The summed E-state index contributed by atoms with van der Waals surface area (Å²) in [4.78, 5) is 0. The highest BCUT2D eigenvalue weighted by molar-refractivity contribution is 7.99. The Morgan fingerprint density at radius 2 is 2.28 bits per heavy atom. The van der Waals surface area contributed by atoms with Gasteiger partial charge in [0.15, 0.2) is 0 Å². The van der Waals surface area contributed by atoms with Gasteiger partial charge < -0.3 is 10.9 Å². The van der Waals surface area contributed by atoms with Crippen molar-refractivity contribution in [2.75, 3.05) is 5.75 Å². The van der Waals surface area contributed by atoms with Crippen LogP contribution in [0.25, 0.3) is 0 Å². The molecule has 5 nitrogen and oxygen atoms in total. The van der Waals surface area contributed by atoms with Gasteiger partial charge in [0, 0.05) is 12.5 Å². The highest BCUT2D eigenvalue weighted by Crippen LogP contribution is 2.26. The van der Waals surface area contributed by atoms with Gasteiger partial charge >= 0.3 is 0 Å². The summed E-state index contributed by atoms with van der Waals surface area (Å²) >= 11 is 1.79. The average Bonchev–Trinajstić information content (AvgIpc) is 2.62. The molecule has 0 atom stereocenters. The highest BCUT2D eigenvalue weighted by Gasteiger charge is 2.22. The van der Waals surface area contributed by atoms with Gasteiger partial charge in [-0.15, -0.1) is 11.8 Å². The highest BCUT2D eigenvalue weighted by atomic mass is 32.2. The summed E-state index contributed by atoms with van der Waals surface area (Å²) in [5.74, 6) is 1.30. The number of thioether (sulfide) groups is 1. The SMILES string of the molecule is Cc1cc(SCCCC(C)(C)C(N)=NO)n(C)n1. The first-order valence-corrected chi connectivity index (χ1v) is 6.97. The lowest BCUT2D eigenvalue weighted by Gasteiger charge is -2.22. The Kier molecular flexibility index (Phi) is 5.07. The number of oxime groups is 1. The van der Waals surface area contributed by atoms with Gasteiger partial charge in [-0.3, -0.25) is 4.68 Å². The molecule has 0 aliphatic heterocycles. The minimum atomic E-state index is -0.252. The fourth-order valence-corrected chi connectivity index (χ4v) is 2.66. The van der Waals surface area contributed by atoms with Crippen molar-refractivity contribution >= 4 is 17.6 Å². The van der Waals surface area contributed by atoms with Crippen LogP contribution in [0.5, 0.6) is 0 Å². The van der Waals surface area contributed by atoms with E-state index in [0.717, 1.165) is 24.3 Å². The van der Waals surface area contributed by atoms with E-state index < -0.39 is 0 Å². The van der Waals surface area contributed by atoms with Crippen molar-refractivity contribution in [1.82, 2.24) is 9.78 Å². The molecular formula is C12H22N4OS. The molecule has 0 aliphatic rings. The fourth-order valence-electron chi connectivity index (χ4n) is 1.68. The van der Waals surface area contributed by atoms with Crippen molar-refractivity contribution in [2.45, 2.75) is 38.6 Å². The Morgan fingerprint density at radius 3 is 2.78 bits per heavy atom. The molecule has 1 rings (SSSR count). The summed E-state index contributed by atoms with van der Waals surface area (Å²) in [6.07, 6.45) is 1.91. The van der Waals surface area contributed by atoms with Crippen LogP contribution >= 0.6 is 11.8 Å². The first-order chi connectivity index (χ1) is 8.36. The quantitative estimate of drug-likeness (QED) is 0.208. The summed E-state index contributed by atoms with van der Waals surface area (Å²) in [5.41, 5.74) is 6.44. The topological polar surface area (TPSA) is 76.4 Å². The largest absolute Gasteiger partial charge is 0.409 e. The van der Waals surface area contributed by atoms with Gasteiger partial charge in [0.05, 0.1) is 10.7 Å². The lowest BCUT2D eigenvalue weighted by atomic mass is 9.87. The Balaban J connectivity index is 2.37. The van der Waals surface area contributed by atoms with Crippen molar-refractivity contribution in [3.8, 4) is 0 Å². The number of nitrogens with two attached hydrogens (primary N) is 1. The summed E-state index contributed by atoms with van der Waals surface area (Å²) in [5, 5.41) is 17.3. The summed E-state index contributed by atoms with van der Waals surface area (Å²) in [7, 11) is 1.95. The van der Waals surface area contributed by atoms with Crippen LogP contribution in [0.1, 0.15) is 32.4 Å². The number of hydrogen-bond donors (Lipinski definition) is 2. The molecule has 0 aromatic carbocycles. The van der Waals surface area contributed by atoms with E-state index in [2.05, 4.69) is 16.3 Å². The van der Waals surface area contributed by atoms with Crippen LogP contribution < -0.4 is 5.73 Å². The molecule has 0 fully saturated rings. The molecule has 0 amide bonds. The molecule has 102 valence electrons. The van der Waals surface area contributed by atoms with Gasteiger partial charge in [-0.2, -0.15) is 5.10 Å². The van der Waals surface area contributed by atoms with Gasteiger partial charge in [0.1, 0.15) is 5.84 Å². The maximum Gasteiger partial charge on any atom is 0.144 e. The third-order valence-corrected chi connectivity index (χ3v) is 4.13. The monoisotopic (exact) mass is 270 g/mol. The van der Waals surface area contributed by atoms with E-state index in [1.807, 2.05) is 32.5 Å². The predicted molar refractivity (Wildman–Crippen MR) is 75.1 cm³/mol. The second kappa shape index (κ2) is 6.13. The number of aryl methyl sites for hydroxylation is 2. The molecule has 0 saturated carbocycles. The van der Waals surface area contributed by atoms with Crippen LogP contribution in [0.4, 0.5) is 0 Å². The van der Waals surface area contributed by atoms with Crippen LogP contribution in [0.15, 0.2) is 16.2 Å². The number of nitrogens with zero attached hydrogens (tertiary/aromatic N) is 3. The van der Waals surface area contributed by atoms with Gasteiger partial charge in [-0.05, 0) is 31.6 Å². The van der Waals surface area contributed by atoms with Crippen molar-refractivity contribution in [3.05, 3.63) is 11.8 Å². The predicted octanol–water partition coefficient (Wildman–Crippen LogP) is 2.37. The van der Waals surface area contributed by atoms with Gasteiger partial charge in [0.25, 0.3) is 0 Å². The van der Waals surface area contributed by atoms with Crippen molar-refractivity contribution < 1.29 is 5.21 Å². The molecule has 1 aromatic heterocycles. The van der Waals surface area contributed by atoms with E-state index in [4.69, 9.17) is 10.9 Å². The Hall–Kier alpha value is -1.17. The molecule has 0 unspecified atom stereocenters. The summed E-state index contributed by atoms with van der Waals surface area (Å²) < 4.78 is 1.90. The lowest BCUT2D eigenvalue weighted by molar-refractivity contribution is 0.305. The second-order valence-corrected chi connectivity index (χ2v) is 6.18. The molecule has 0 radical (unpaired) electrons. The van der Waals surface area contributed by atoms with Crippen molar-refractivity contribution in [1.29, 1.82) is 0 Å². The number of rotatable bonds is 6. The van der Waals surface area contributed by atoms with Gasteiger partial charge in [-0.1, -0.05) is 19.0 Å². The van der Waals surface area contributed by atoms with E-state index in [-0.39, 0.29) is 5.41 Å². The van der Waals surface area contributed by atoms with Crippen molar-refractivity contribution in [2.24, 2.45) is 23.4 Å². The summed E-state index contributed by atoms with van der Waals surface area (Å²) in [6, 6.07) is 2.08. The van der Waals surface area contributed by atoms with Gasteiger partial charge in [0.2, 0.25) is 0 Å². The normalized spacial score (nSPS) is 13.0. The number of amidine groups is 1. The molecule has 0 bridgehead atoms. The van der Waals surface area contributed by atoms with Crippen molar-refractivity contribution in [3.63, 3.8) is 0 Å². The molecule has 1 aromatic rings. The molecule has 1 heterocycles. The molecule has 0 saturated heterocycles. The van der Waals surface area contributed by atoms with Gasteiger partial charge in [-0.25, -0.2) is 0 Å².